The van der Waals surface area contributed by atoms with Crippen molar-refractivity contribution in [1.82, 2.24) is 4.72 Å². The first-order valence-electron chi connectivity index (χ1n) is 6.77. The standard InChI is InChI=1S/C14H19NO5S/c1-3-20-11-4-5-12(10(2)8-11)21(18,19)15-14(6-7-14)9-13(16)17/h4-5,8,15H,3,6-7,9H2,1-2H3,(H,16,17). The number of sulfonamides is 1. The average molecular weight is 313 g/mol. The van der Waals surface area contributed by atoms with Gasteiger partial charge in [0.15, 0.2) is 0 Å². The Balaban J connectivity index is 2.22. The van der Waals surface area contributed by atoms with Gasteiger partial charge in [0.1, 0.15) is 5.75 Å². The van der Waals surface area contributed by atoms with Gasteiger partial charge in [-0.05, 0) is 50.5 Å². The van der Waals surface area contributed by atoms with E-state index in [1.165, 1.54) is 6.07 Å². The van der Waals surface area contributed by atoms with Crippen molar-refractivity contribution in [3.8, 4) is 5.75 Å². The number of hydrogen-bond donors (Lipinski definition) is 2. The van der Waals surface area contributed by atoms with Gasteiger partial charge in [0, 0.05) is 5.54 Å². The largest absolute Gasteiger partial charge is 0.494 e. The van der Waals surface area contributed by atoms with Crippen LogP contribution in [0.2, 0.25) is 0 Å². The normalized spacial score (nSPS) is 16.5. The summed E-state index contributed by atoms with van der Waals surface area (Å²) in [6.07, 6.45) is 0.908. The van der Waals surface area contributed by atoms with Crippen molar-refractivity contribution in [2.75, 3.05) is 6.61 Å². The molecule has 2 N–H and O–H groups in total. The fourth-order valence-electron chi connectivity index (χ4n) is 2.28. The second-order valence-corrected chi connectivity index (χ2v) is 6.97. The van der Waals surface area contributed by atoms with Gasteiger partial charge < -0.3 is 9.84 Å². The number of carbonyl (C=O) groups is 1. The van der Waals surface area contributed by atoms with E-state index in [-0.39, 0.29) is 11.3 Å². The number of carboxylic acids is 1. The van der Waals surface area contributed by atoms with Gasteiger partial charge in [-0.2, -0.15) is 0 Å². The molecule has 21 heavy (non-hydrogen) atoms. The molecule has 1 fully saturated rings. The molecule has 0 amide bonds. The molecule has 0 radical (unpaired) electrons. The minimum Gasteiger partial charge on any atom is -0.494 e. The third kappa shape index (κ3) is 3.74. The molecule has 0 spiro atoms. The van der Waals surface area contributed by atoms with Gasteiger partial charge in [-0.15, -0.1) is 0 Å². The molecule has 0 unspecified atom stereocenters. The summed E-state index contributed by atoms with van der Waals surface area (Å²) >= 11 is 0. The third-order valence-corrected chi connectivity index (χ3v) is 5.18. The molecule has 1 aromatic carbocycles. The molecule has 0 saturated heterocycles. The van der Waals surface area contributed by atoms with Crippen LogP contribution in [-0.4, -0.2) is 31.6 Å². The van der Waals surface area contributed by atoms with Crippen molar-refractivity contribution in [2.24, 2.45) is 0 Å². The Bertz CT molecular complexity index is 649. The van der Waals surface area contributed by atoms with Gasteiger partial charge in [-0.25, -0.2) is 13.1 Å². The van der Waals surface area contributed by atoms with E-state index < -0.39 is 21.5 Å². The number of ether oxygens (including phenoxy) is 1. The highest BCUT2D eigenvalue weighted by atomic mass is 32.2. The Morgan fingerprint density at radius 1 is 1.43 bits per heavy atom. The van der Waals surface area contributed by atoms with E-state index in [0.29, 0.717) is 30.8 Å². The molecule has 0 bridgehead atoms. The van der Waals surface area contributed by atoms with E-state index in [9.17, 15) is 13.2 Å². The van der Waals surface area contributed by atoms with Crippen molar-refractivity contribution in [1.29, 1.82) is 0 Å². The van der Waals surface area contributed by atoms with Crippen LogP contribution in [0.3, 0.4) is 0 Å². The highest BCUT2D eigenvalue weighted by molar-refractivity contribution is 7.89. The van der Waals surface area contributed by atoms with E-state index in [1.807, 2.05) is 6.92 Å². The lowest BCUT2D eigenvalue weighted by molar-refractivity contribution is -0.137. The van der Waals surface area contributed by atoms with Crippen LogP contribution in [0.4, 0.5) is 0 Å². The minimum absolute atomic E-state index is 0.155. The smallest absolute Gasteiger partial charge is 0.305 e. The highest BCUT2D eigenvalue weighted by Crippen LogP contribution is 2.40. The topological polar surface area (TPSA) is 92.7 Å². The lowest BCUT2D eigenvalue weighted by atomic mass is 10.2. The second-order valence-electron chi connectivity index (χ2n) is 5.32. The van der Waals surface area contributed by atoms with Crippen LogP contribution < -0.4 is 9.46 Å². The van der Waals surface area contributed by atoms with E-state index in [0.717, 1.165) is 0 Å². The van der Waals surface area contributed by atoms with Crippen LogP contribution in [0.25, 0.3) is 0 Å². The van der Waals surface area contributed by atoms with E-state index in [1.54, 1.807) is 19.1 Å². The van der Waals surface area contributed by atoms with Gasteiger partial charge >= 0.3 is 5.97 Å². The maximum atomic E-state index is 12.4. The summed E-state index contributed by atoms with van der Waals surface area (Å²) < 4.78 is 32.7. The second kappa shape index (κ2) is 5.65. The van der Waals surface area contributed by atoms with E-state index in [2.05, 4.69) is 4.72 Å². The molecule has 7 heteroatoms. The van der Waals surface area contributed by atoms with Crippen LogP contribution in [0, 0.1) is 6.92 Å². The summed E-state index contributed by atoms with van der Waals surface area (Å²) in [6, 6.07) is 4.75. The zero-order valence-electron chi connectivity index (χ0n) is 12.0. The number of hydrogen-bond acceptors (Lipinski definition) is 4. The fourth-order valence-corrected chi connectivity index (χ4v) is 3.96. The molecule has 116 valence electrons. The van der Waals surface area contributed by atoms with Crippen LogP contribution >= 0.6 is 0 Å². The molecule has 1 aliphatic carbocycles. The summed E-state index contributed by atoms with van der Waals surface area (Å²) in [4.78, 5) is 11.0. The summed E-state index contributed by atoms with van der Waals surface area (Å²) in [6.45, 7) is 4.05. The Labute approximate surface area is 124 Å². The van der Waals surface area contributed by atoms with E-state index in [4.69, 9.17) is 9.84 Å². The molecule has 0 aromatic heterocycles. The Kier molecular flexibility index (Phi) is 4.25. The van der Waals surface area contributed by atoms with Crippen molar-refractivity contribution < 1.29 is 23.1 Å². The van der Waals surface area contributed by atoms with Gasteiger partial charge in [0.05, 0.1) is 17.9 Å². The number of carboxylic acid groups (broad SMARTS) is 1. The summed E-state index contributed by atoms with van der Waals surface area (Å²) in [5.74, 6) is -0.390. The first-order valence-corrected chi connectivity index (χ1v) is 8.25. The Morgan fingerprint density at radius 3 is 2.57 bits per heavy atom. The molecule has 2 rings (SSSR count). The minimum atomic E-state index is -3.73. The number of nitrogens with one attached hydrogen (secondary N) is 1. The van der Waals surface area contributed by atoms with Gasteiger partial charge in [0.2, 0.25) is 10.0 Å². The van der Waals surface area contributed by atoms with Gasteiger partial charge in [-0.1, -0.05) is 0 Å². The zero-order chi connectivity index (χ0) is 15.7. The summed E-state index contributed by atoms with van der Waals surface area (Å²) in [5, 5.41) is 8.86. The fraction of sp³-hybridized carbons (Fsp3) is 0.500. The van der Waals surface area contributed by atoms with Crippen LogP contribution in [0.15, 0.2) is 23.1 Å². The molecular formula is C14H19NO5S. The Hall–Kier alpha value is -1.60. The third-order valence-electron chi connectivity index (χ3n) is 3.44. The quantitative estimate of drug-likeness (QED) is 0.799. The van der Waals surface area contributed by atoms with Gasteiger partial charge in [-0.3, -0.25) is 4.79 Å². The maximum Gasteiger partial charge on any atom is 0.305 e. The summed E-state index contributed by atoms with van der Waals surface area (Å²) in [5.41, 5.74) is -0.255. The van der Waals surface area contributed by atoms with Crippen LogP contribution in [0.5, 0.6) is 5.75 Å². The predicted molar refractivity (Wildman–Crippen MR) is 76.9 cm³/mol. The molecule has 0 atom stereocenters. The Morgan fingerprint density at radius 2 is 2.10 bits per heavy atom. The van der Waals surface area contributed by atoms with Crippen molar-refractivity contribution in [3.63, 3.8) is 0 Å². The SMILES string of the molecule is CCOc1ccc(S(=O)(=O)NC2(CC(=O)O)CC2)c(C)c1. The average Bonchev–Trinajstić information content (AvgIpc) is 3.06. The van der Waals surface area contributed by atoms with Crippen molar-refractivity contribution in [3.05, 3.63) is 23.8 Å². The number of aryl methyl sites for hydroxylation is 1. The van der Waals surface area contributed by atoms with Crippen molar-refractivity contribution >= 4 is 16.0 Å². The molecule has 1 aliphatic rings. The molecule has 1 saturated carbocycles. The predicted octanol–water partition coefficient (Wildman–Crippen LogP) is 1.68. The first-order chi connectivity index (χ1) is 9.78. The lowest BCUT2D eigenvalue weighted by Gasteiger charge is -2.17. The zero-order valence-corrected chi connectivity index (χ0v) is 12.9. The van der Waals surface area contributed by atoms with Gasteiger partial charge in [0.25, 0.3) is 0 Å². The molecule has 0 heterocycles. The maximum absolute atomic E-state index is 12.4. The molecule has 1 aromatic rings. The van der Waals surface area contributed by atoms with Crippen LogP contribution in [-0.2, 0) is 14.8 Å². The van der Waals surface area contributed by atoms with E-state index >= 15 is 0 Å². The number of rotatable bonds is 7. The number of aliphatic carboxylic acids is 1. The molecule has 6 nitrogen and oxygen atoms in total. The molecule has 0 aliphatic heterocycles. The molecular weight excluding hydrogens is 294 g/mol. The number of benzene rings is 1. The monoisotopic (exact) mass is 313 g/mol. The lowest BCUT2D eigenvalue weighted by Crippen LogP contribution is -2.38. The summed E-state index contributed by atoms with van der Waals surface area (Å²) in [7, 11) is -3.73. The highest BCUT2D eigenvalue weighted by Gasteiger charge is 2.47. The first kappa shape index (κ1) is 15.8. The van der Waals surface area contributed by atoms with Crippen molar-refractivity contribution in [2.45, 2.75) is 43.5 Å². The van der Waals surface area contributed by atoms with Crippen LogP contribution in [0.1, 0.15) is 31.7 Å².